The summed E-state index contributed by atoms with van der Waals surface area (Å²) in [6, 6.07) is 1.89. The summed E-state index contributed by atoms with van der Waals surface area (Å²) in [7, 11) is 0. The Balaban J connectivity index is 4.10. The molecule has 1 amide bonds. The van der Waals surface area contributed by atoms with Crippen LogP contribution in [0.1, 0.15) is 0 Å². The molecule has 0 unspecified atom stereocenters. The van der Waals surface area contributed by atoms with Gasteiger partial charge in [-0.05, 0) is 0 Å². The molecule has 0 aliphatic rings. The van der Waals surface area contributed by atoms with Gasteiger partial charge in [0.15, 0.2) is 0 Å². The summed E-state index contributed by atoms with van der Waals surface area (Å²) in [5, 5.41) is 16.8. The van der Waals surface area contributed by atoms with E-state index in [0.717, 1.165) is 11.8 Å². The number of carboxylic acid groups (broad SMARTS) is 1. The van der Waals surface area contributed by atoms with Crippen LogP contribution in [0.4, 0.5) is 0 Å². The summed E-state index contributed by atoms with van der Waals surface area (Å²) < 4.78 is 0. The maximum Gasteiger partial charge on any atom is 0.323 e. The highest BCUT2D eigenvalue weighted by Crippen LogP contribution is 2.02. The van der Waals surface area contributed by atoms with Crippen LogP contribution in [0.5, 0.6) is 0 Å². The van der Waals surface area contributed by atoms with E-state index in [9.17, 15) is 9.59 Å². The van der Waals surface area contributed by atoms with Crippen LogP contribution in [-0.4, -0.2) is 46.5 Å². The number of carboxylic acids is 1. The summed E-state index contributed by atoms with van der Waals surface area (Å²) in [6.45, 7) is 3.31. The van der Waals surface area contributed by atoms with Crippen molar-refractivity contribution in [2.24, 2.45) is 0 Å². The fourth-order valence-corrected chi connectivity index (χ4v) is 1.40. The van der Waals surface area contributed by atoms with Crippen LogP contribution in [0.15, 0.2) is 12.7 Å². The number of aliphatic carboxylic acids is 1. The standard InChI is InChI=1S/C9H12N2O3S/c1-2-4-11(6-9(13)14)8(12)7-15-5-3-10/h2H,1,4-7H2,(H,13,14). The van der Waals surface area contributed by atoms with Gasteiger partial charge in [-0.1, -0.05) is 6.08 Å². The van der Waals surface area contributed by atoms with E-state index in [1.165, 1.54) is 11.0 Å². The lowest BCUT2D eigenvalue weighted by atomic mass is 10.4. The molecule has 0 saturated heterocycles. The molecule has 15 heavy (non-hydrogen) atoms. The molecule has 0 rings (SSSR count). The quantitative estimate of drug-likeness (QED) is 0.502. The van der Waals surface area contributed by atoms with Gasteiger partial charge in [0.1, 0.15) is 6.54 Å². The zero-order chi connectivity index (χ0) is 11.7. The highest BCUT2D eigenvalue weighted by Gasteiger charge is 2.14. The minimum atomic E-state index is -1.06. The summed E-state index contributed by atoms with van der Waals surface area (Å²) in [5.74, 6) is -1.01. The van der Waals surface area contributed by atoms with E-state index in [1.54, 1.807) is 0 Å². The minimum absolute atomic E-state index is 0.120. The van der Waals surface area contributed by atoms with Crippen molar-refractivity contribution in [3.8, 4) is 6.07 Å². The molecule has 0 aliphatic heterocycles. The summed E-state index contributed by atoms with van der Waals surface area (Å²) in [6.07, 6.45) is 1.47. The van der Waals surface area contributed by atoms with E-state index in [2.05, 4.69) is 6.58 Å². The number of carbonyl (C=O) groups is 2. The number of rotatable bonds is 7. The lowest BCUT2D eigenvalue weighted by Gasteiger charge is -2.18. The van der Waals surface area contributed by atoms with Crippen LogP contribution in [0.25, 0.3) is 0 Å². The predicted octanol–water partition coefficient (Wildman–Crippen LogP) is 0.342. The molecule has 0 bridgehead atoms. The van der Waals surface area contributed by atoms with Crippen molar-refractivity contribution < 1.29 is 14.7 Å². The molecule has 0 atom stereocenters. The van der Waals surface area contributed by atoms with Gasteiger partial charge in [-0.2, -0.15) is 5.26 Å². The van der Waals surface area contributed by atoms with Gasteiger partial charge in [-0.15, -0.1) is 18.3 Å². The van der Waals surface area contributed by atoms with E-state index in [1.807, 2.05) is 6.07 Å². The van der Waals surface area contributed by atoms with E-state index in [4.69, 9.17) is 10.4 Å². The van der Waals surface area contributed by atoms with Gasteiger partial charge < -0.3 is 10.0 Å². The molecule has 0 spiro atoms. The maximum atomic E-state index is 11.4. The molecule has 6 heteroatoms. The van der Waals surface area contributed by atoms with Gasteiger partial charge in [-0.25, -0.2) is 0 Å². The van der Waals surface area contributed by atoms with Crippen LogP contribution >= 0.6 is 11.8 Å². The second-order valence-electron chi connectivity index (χ2n) is 2.61. The van der Waals surface area contributed by atoms with E-state index < -0.39 is 5.97 Å². The number of hydrogen-bond acceptors (Lipinski definition) is 4. The van der Waals surface area contributed by atoms with Gasteiger partial charge in [0.25, 0.3) is 0 Å². The monoisotopic (exact) mass is 228 g/mol. The molecular formula is C9H12N2O3S. The first-order valence-corrected chi connectivity index (χ1v) is 5.32. The third kappa shape index (κ3) is 6.57. The Hall–Kier alpha value is -1.48. The van der Waals surface area contributed by atoms with Crippen LogP contribution < -0.4 is 0 Å². The van der Waals surface area contributed by atoms with Crippen LogP contribution in [-0.2, 0) is 9.59 Å². The fraction of sp³-hybridized carbons (Fsp3) is 0.444. The van der Waals surface area contributed by atoms with Crippen LogP contribution in [0.3, 0.4) is 0 Å². The fourth-order valence-electron chi connectivity index (χ4n) is 0.849. The van der Waals surface area contributed by atoms with Crippen molar-refractivity contribution in [3.05, 3.63) is 12.7 Å². The number of nitriles is 1. The number of thioether (sulfide) groups is 1. The highest BCUT2D eigenvalue weighted by atomic mass is 32.2. The lowest BCUT2D eigenvalue weighted by Crippen LogP contribution is -2.36. The Morgan fingerprint density at radius 2 is 2.27 bits per heavy atom. The van der Waals surface area contributed by atoms with Gasteiger partial charge in [0, 0.05) is 6.54 Å². The Bertz CT molecular complexity index is 286. The van der Waals surface area contributed by atoms with Crippen LogP contribution in [0.2, 0.25) is 0 Å². The number of carbonyl (C=O) groups excluding carboxylic acids is 1. The largest absolute Gasteiger partial charge is 0.480 e. The highest BCUT2D eigenvalue weighted by molar-refractivity contribution is 8.00. The van der Waals surface area contributed by atoms with Gasteiger partial charge in [-0.3, -0.25) is 9.59 Å². The molecule has 5 nitrogen and oxygen atoms in total. The average molecular weight is 228 g/mol. The lowest BCUT2D eigenvalue weighted by molar-refractivity contribution is -0.143. The summed E-state index contributed by atoms with van der Waals surface area (Å²) in [5.41, 5.74) is 0. The second-order valence-corrected chi connectivity index (χ2v) is 3.59. The first-order valence-electron chi connectivity index (χ1n) is 4.17. The number of amides is 1. The van der Waals surface area contributed by atoms with E-state index >= 15 is 0 Å². The Morgan fingerprint density at radius 3 is 2.73 bits per heavy atom. The van der Waals surface area contributed by atoms with E-state index in [0.29, 0.717) is 0 Å². The van der Waals surface area contributed by atoms with Crippen molar-refractivity contribution in [1.82, 2.24) is 4.90 Å². The first kappa shape index (κ1) is 13.5. The molecule has 0 aromatic heterocycles. The topological polar surface area (TPSA) is 81.4 Å². The molecule has 0 heterocycles. The molecule has 1 N–H and O–H groups in total. The molecule has 0 saturated carbocycles. The van der Waals surface area contributed by atoms with Gasteiger partial charge >= 0.3 is 5.97 Å². The molecule has 0 aromatic rings. The zero-order valence-electron chi connectivity index (χ0n) is 8.18. The molecule has 0 aliphatic carbocycles. The maximum absolute atomic E-state index is 11.4. The van der Waals surface area contributed by atoms with Crippen molar-refractivity contribution >= 4 is 23.6 Å². The molecule has 0 aromatic carbocycles. The van der Waals surface area contributed by atoms with Crippen molar-refractivity contribution in [1.29, 1.82) is 5.26 Å². The average Bonchev–Trinajstić information content (AvgIpc) is 2.17. The van der Waals surface area contributed by atoms with Crippen molar-refractivity contribution in [3.63, 3.8) is 0 Å². The van der Waals surface area contributed by atoms with Crippen LogP contribution in [0, 0.1) is 11.3 Å². The van der Waals surface area contributed by atoms with Gasteiger partial charge in [0.05, 0.1) is 17.6 Å². The molecule has 82 valence electrons. The zero-order valence-corrected chi connectivity index (χ0v) is 9.00. The molecule has 0 radical (unpaired) electrons. The SMILES string of the molecule is C=CCN(CC(=O)O)C(=O)CSCC#N. The third-order valence-corrected chi connectivity index (χ3v) is 2.20. The first-order chi connectivity index (χ1) is 7.11. The number of hydrogen-bond donors (Lipinski definition) is 1. The Labute approximate surface area is 92.4 Å². The summed E-state index contributed by atoms with van der Waals surface area (Å²) >= 11 is 1.16. The molecule has 0 fully saturated rings. The predicted molar refractivity (Wildman–Crippen MR) is 57.4 cm³/mol. The smallest absolute Gasteiger partial charge is 0.323 e. The minimum Gasteiger partial charge on any atom is -0.480 e. The van der Waals surface area contributed by atoms with Crippen molar-refractivity contribution in [2.45, 2.75) is 0 Å². The summed E-state index contributed by atoms with van der Waals surface area (Å²) in [4.78, 5) is 23.0. The van der Waals surface area contributed by atoms with Gasteiger partial charge in [0.2, 0.25) is 5.91 Å². The second kappa shape index (κ2) is 7.88. The van der Waals surface area contributed by atoms with E-state index in [-0.39, 0.29) is 30.5 Å². The third-order valence-electron chi connectivity index (χ3n) is 1.42. The molecular weight excluding hydrogens is 216 g/mol. The number of nitrogens with zero attached hydrogens (tertiary/aromatic N) is 2. The Kier molecular flexibility index (Phi) is 7.10. The normalized spacial score (nSPS) is 9.00. The Morgan fingerprint density at radius 1 is 1.60 bits per heavy atom. The van der Waals surface area contributed by atoms with Crippen molar-refractivity contribution in [2.75, 3.05) is 24.6 Å².